The third kappa shape index (κ3) is 3.22. The van der Waals surface area contributed by atoms with Crippen LogP contribution in [0.2, 0.25) is 0 Å². The zero-order valence-corrected chi connectivity index (χ0v) is 10.1. The van der Waals surface area contributed by atoms with Gasteiger partial charge in [-0.2, -0.15) is 0 Å². The van der Waals surface area contributed by atoms with Crippen LogP contribution in [-0.2, 0) is 0 Å². The van der Waals surface area contributed by atoms with E-state index in [0.29, 0.717) is 6.54 Å². The van der Waals surface area contributed by atoms with E-state index < -0.39 is 0 Å². The summed E-state index contributed by atoms with van der Waals surface area (Å²) >= 11 is 0. The molecule has 0 radical (unpaired) electrons. The lowest BCUT2D eigenvalue weighted by atomic mass is 9.75. The summed E-state index contributed by atoms with van der Waals surface area (Å²) in [6.45, 7) is 5.01. The molecule has 1 aliphatic carbocycles. The molecule has 1 unspecified atom stereocenters. The largest absolute Gasteiger partial charge is 0.329 e. The van der Waals surface area contributed by atoms with Crippen LogP contribution in [0.4, 0.5) is 0 Å². The van der Waals surface area contributed by atoms with Crippen molar-refractivity contribution in [2.24, 2.45) is 11.7 Å². The van der Waals surface area contributed by atoms with E-state index in [1.165, 1.54) is 32.1 Å². The zero-order valence-electron chi connectivity index (χ0n) is 10.1. The molecule has 0 spiro atoms. The third-order valence-corrected chi connectivity index (χ3v) is 3.80. The van der Waals surface area contributed by atoms with Gasteiger partial charge in [-0.05, 0) is 38.5 Å². The van der Waals surface area contributed by atoms with Gasteiger partial charge in [-0.3, -0.25) is 5.32 Å². The molecule has 2 nitrogen and oxygen atoms in total. The average molecular weight is 208 g/mol. The fourth-order valence-electron chi connectivity index (χ4n) is 2.55. The summed E-state index contributed by atoms with van der Waals surface area (Å²) in [6, 6.07) is 0.131. The smallest absolute Gasteiger partial charge is 0.0663 e. The maximum Gasteiger partial charge on any atom is 0.0663 e. The predicted octanol–water partition coefficient (Wildman–Crippen LogP) is 1.90. The molecule has 0 bridgehead atoms. The van der Waals surface area contributed by atoms with Crippen molar-refractivity contribution in [3.63, 3.8) is 0 Å². The Morgan fingerprint density at radius 3 is 2.53 bits per heavy atom. The second-order valence-electron chi connectivity index (χ2n) is 4.87. The normalized spacial score (nSPS) is 33.3. The van der Waals surface area contributed by atoms with Gasteiger partial charge < -0.3 is 5.73 Å². The van der Waals surface area contributed by atoms with Crippen LogP contribution >= 0.6 is 0 Å². The number of hydrogen-bond acceptors (Lipinski definition) is 2. The Morgan fingerprint density at radius 1 is 1.53 bits per heavy atom. The first-order valence-corrected chi connectivity index (χ1v) is 6.09. The van der Waals surface area contributed by atoms with Gasteiger partial charge in [0.05, 0.1) is 6.04 Å². The van der Waals surface area contributed by atoms with E-state index in [1.807, 2.05) is 6.92 Å². The molecule has 0 aromatic rings. The van der Waals surface area contributed by atoms with Gasteiger partial charge in [0.15, 0.2) is 0 Å². The Hall–Kier alpha value is -0.520. The minimum Gasteiger partial charge on any atom is -0.329 e. The van der Waals surface area contributed by atoms with Gasteiger partial charge in [-0.1, -0.05) is 19.3 Å². The van der Waals surface area contributed by atoms with Crippen molar-refractivity contribution >= 4 is 0 Å². The predicted molar refractivity (Wildman–Crippen MR) is 65.5 cm³/mol. The Bertz CT molecular complexity index is 221. The van der Waals surface area contributed by atoms with Crippen molar-refractivity contribution in [2.75, 3.05) is 6.54 Å². The summed E-state index contributed by atoms with van der Waals surface area (Å²) in [4.78, 5) is 0. The number of nitrogens with two attached hydrogens (primary N) is 1. The summed E-state index contributed by atoms with van der Waals surface area (Å²) in [7, 11) is 0. The second kappa shape index (κ2) is 5.53. The quantitative estimate of drug-likeness (QED) is 0.692. The van der Waals surface area contributed by atoms with Crippen LogP contribution in [0.5, 0.6) is 0 Å². The minimum absolute atomic E-state index is 0.109. The number of rotatable bonds is 4. The first-order valence-electron chi connectivity index (χ1n) is 6.09. The highest BCUT2D eigenvalue weighted by Crippen LogP contribution is 2.33. The number of nitrogens with one attached hydrogen (secondary N) is 1. The van der Waals surface area contributed by atoms with E-state index in [9.17, 15) is 0 Å². The average Bonchev–Trinajstić information content (AvgIpc) is 2.30. The van der Waals surface area contributed by atoms with Crippen LogP contribution in [0.3, 0.4) is 0 Å². The highest BCUT2D eigenvalue weighted by molar-refractivity contribution is 5.03. The molecule has 1 aliphatic rings. The topological polar surface area (TPSA) is 38.0 Å². The third-order valence-electron chi connectivity index (χ3n) is 3.80. The van der Waals surface area contributed by atoms with Crippen LogP contribution in [0, 0.1) is 18.3 Å². The summed E-state index contributed by atoms with van der Waals surface area (Å²) in [5.74, 6) is 3.63. The van der Waals surface area contributed by atoms with Crippen molar-refractivity contribution in [2.45, 2.75) is 57.5 Å². The van der Waals surface area contributed by atoms with Crippen LogP contribution in [0.15, 0.2) is 0 Å². The van der Waals surface area contributed by atoms with Crippen LogP contribution in [0.25, 0.3) is 0 Å². The molecule has 1 saturated carbocycles. The van der Waals surface area contributed by atoms with Gasteiger partial charge in [-0.25, -0.2) is 0 Å². The lowest BCUT2D eigenvalue weighted by Gasteiger charge is -2.41. The van der Waals surface area contributed by atoms with Gasteiger partial charge in [0, 0.05) is 12.1 Å². The van der Waals surface area contributed by atoms with Gasteiger partial charge in [0.25, 0.3) is 0 Å². The molecule has 1 rings (SSSR count). The molecule has 86 valence electrons. The molecule has 1 fully saturated rings. The van der Waals surface area contributed by atoms with E-state index in [2.05, 4.69) is 18.2 Å². The summed E-state index contributed by atoms with van der Waals surface area (Å²) in [5.41, 5.74) is 6.01. The van der Waals surface area contributed by atoms with Crippen LogP contribution in [0.1, 0.15) is 46.0 Å². The maximum absolute atomic E-state index is 5.90. The summed E-state index contributed by atoms with van der Waals surface area (Å²) < 4.78 is 0. The fraction of sp³-hybridized carbons (Fsp3) is 0.846. The van der Waals surface area contributed by atoms with Gasteiger partial charge in [0.1, 0.15) is 0 Å². The van der Waals surface area contributed by atoms with E-state index in [1.54, 1.807) is 0 Å². The lowest BCUT2D eigenvalue weighted by Crippen LogP contribution is -2.56. The Balaban J connectivity index is 2.53. The standard InChI is InChI=1S/C13H24N2/c1-4-11(3)15-13(10-14)8-6-12(5-2)7-9-13/h1,11-12,15H,5-10,14H2,2-3H3. The molecule has 0 saturated heterocycles. The monoisotopic (exact) mass is 208 g/mol. The molecule has 3 N–H and O–H groups in total. The molecular weight excluding hydrogens is 184 g/mol. The molecule has 0 aliphatic heterocycles. The molecule has 15 heavy (non-hydrogen) atoms. The number of hydrogen-bond donors (Lipinski definition) is 2. The first-order chi connectivity index (χ1) is 7.15. The molecule has 0 aromatic heterocycles. The Labute approximate surface area is 94.0 Å². The molecule has 0 amide bonds. The molecular formula is C13H24N2. The fourth-order valence-corrected chi connectivity index (χ4v) is 2.55. The van der Waals surface area contributed by atoms with E-state index >= 15 is 0 Å². The first kappa shape index (κ1) is 12.5. The van der Waals surface area contributed by atoms with Crippen molar-refractivity contribution < 1.29 is 0 Å². The second-order valence-corrected chi connectivity index (χ2v) is 4.87. The van der Waals surface area contributed by atoms with Crippen molar-refractivity contribution in [3.8, 4) is 12.3 Å². The Morgan fingerprint density at radius 2 is 2.13 bits per heavy atom. The molecule has 2 heteroatoms. The molecule has 1 atom stereocenters. The van der Waals surface area contributed by atoms with E-state index in [0.717, 1.165) is 5.92 Å². The van der Waals surface area contributed by atoms with Gasteiger partial charge >= 0.3 is 0 Å². The summed E-state index contributed by atoms with van der Waals surface area (Å²) in [5, 5.41) is 3.52. The minimum atomic E-state index is 0.109. The molecule has 0 heterocycles. The summed E-state index contributed by atoms with van der Waals surface area (Å²) in [6.07, 6.45) is 11.6. The van der Waals surface area contributed by atoms with Crippen LogP contribution < -0.4 is 11.1 Å². The number of terminal acetylenes is 1. The van der Waals surface area contributed by atoms with Gasteiger partial charge in [-0.15, -0.1) is 6.42 Å². The lowest BCUT2D eigenvalue weighted by molar-refractivity contribution is 0.185. The van der Waals surface area contributed by atoms with Crippen LogP contribution in [-0.4, -0.2) is 18.1 Å². The van der Waals surface area contributed by atoms with Gasteiger partial charge in [0.2, 0.25) is 0 Å². The molecule has 0 aromatic carbocycles. The highest BCUT2D eigenvalue weighted by atomic mass is 15.0. The van der Waals surface area contributed by atoms with Crippen molar-refractivity contribution in [1.29, 1.82) is 0 Å². The van der Waals surface area contributed by atoms with E-state index in [4.69, 9.17) is 12.2 Å². The van der Waals surface area contributed by atoms with Crippen molar-refractivity contribution in [1.82, 2.24) is 5.32 Å². The maximum atomic E-state index is 5.90. The van der Waals surface area contributed by atoms with E-state index in [-0.39, 0.29) is 11.6 Å². The zero-order chi connectivity index (χ0) is 11.3. The highest BCUT2D eigenvalue weighted by Gasteiger charge is 2.33. The SMILES string of the molecule is C#CC(C)NC1(CN)CCC(CC)CC1. The van der Waals surface area contributed by atoms with Crippen molar-refractivity contribution in [3.05, 3.63) is 0 Å². The Kier molecular flexibility index (Phi) is 4.63.